The van der Waals surface area contributed by atoms with Gasteiger partial charge >= 0.3 is 5.69 Å². The minimum atomic E-state index is -0.363. The number of benzene rings is 2. The first kappa shape index (κ1) is 22.0. The number of anilines is 2. The molecule has 2 aromatic carbocycles. The van der Waals surface area contributed by atoms with Gasteiger partial charge in [-0.2, -0.15) is 4.98 Å². The van der Waals surface area contributed by atoms with Crippen molar-refractivity contribution < 1.29 is 4.74 Å². The van der Waals surface area contributed by atoms with Crippen LogP contribution in [0.3, 0.4) is 0 Å². The molecule has 0 N–H and O–H groups in total. The van der Waals surface area contributed by atoms with E-state index in [0.717, 1.165) is 34.7 Å². The first-order valence-electron chi connectivity index (χ1n) is 11.5. The summed E-state index contributed by atoms with van der Waals surface area (Å²) in [6.07, 6.45) is 0. The average molecular weight is 460 g/mol. The Kier molecular flexibility index (Phi) is 5.31. The van der Waals surface area contributed by atoms with E-state index in [1.54, 1.807) is 14.2 Å². The highest BCUT2D eigenvalue weighted by Gasteiger charge is 2.30. The second kappa shape index (κ2) is 8.20. The highest BCUT2D eigenvalue weighted by molar-refractivity contribution is 5.77. The Morgan fingerprint density at radius 3 is 2.50 bits per heavy atom. The SMILES string of the molecule is COc1ccc(N2C[C@@H](C)Cn3c2nc2c3c(=O)n(Cc3cc(C)ccc3C)c(=O)n2C)cc1. The van der Waals surface area contributed by atoms with Crippen LogP contribution >= 0.6 is 0 Å². The third-order valence-corrected chi connectivity index (χ3v) is 6.66. The molecule has 1 aliphatic heterocycles. The molecule has 0 radical (unpaired) electrons. The fourth-order valence-electron chi connectivity index (χ4n) is 4.77. The molecule has 0 aliphatic carbocycles. The van der Waals surface area contributed by atoms with E-state index in [-0.39, 0.29) is 23.7 Å². The van der Waals surface area contributed by atoms with Crippen molar-refractivity contribution >= 4 is 22.8 Å². The van der Waals surface area contributed by atoms with Crippen LogP contribution in [0.5, 0.6) is 5.75 Å². The van der Waals surface area contributed by atoms with Crippen LogP contribution < -0.4 is 20.9 Å². The average Bonchev–Trinajstić information content (AvgIpc) is 3.21. The zero-order chi connectivity index (χ0) is 24.1. The van der Waals surface area contributed by atoms with Crippen molar-refractivity contribution in [2.45, 2.75) is 33.9 Å². The highest BCUT2D eigenvalue weighted by Crippen LogP contribution is 2.33. The zero-order valence-corrected chi connectivity index (χ0v) is 20.2. The predicted octanol–water partition coefficient (Wildman–Crippen LogP) is 3.36. The van der Waals surface area contributed by atoms with Gasteiger partial charge in [-0.3, -0.25) is 13.9 Å². The van der Waals surface area contributed by atoms with Crippen LogP contribution in [0.1, 0.15) is 23.6 Å². The number of rotatable bonds is 4. The second-order valence-corrected chi connectivity index (χ2v) is 9.27. The number of aryl methyl sites for hydroxylation is 3. The molecule has 4 aromatic rings. The lowest BCUT2D eigenvalue weighted by atomic mass is 10.1. The molecule has 5 rings (SSSR count). The Bertz CT molecular complexity index is 1510. The van der Waals surface area contributed by atoms with E-state index in [1.807, 2.05) is 60.9 Å². The van der Waals surface area contributed by atoms with Crippen LogP contribution in [0.2, 0.25) is 0 Å². The fraction of sp³-hybridized carbons (Fsp3) is 0.346. The molecule has 0 unspecified atom stereocenters. The maximum atomic E-state index is 13.7. The van der Waals surface area contributed by atoms with E-state index >= 15 is 0 Å². The third-order valence-electron chi connectivity index (χ3n) is 6.66. The van der Waals surface area contributed by atoms with E-state index in [2.05, 4.69) is 11.8 Å². The van der Waals surface area contributed by atoms with Crippen molar-refractivity contribution in [3.05, 3.63) is 80.0 Å². The molecule has 0 saturated heterocycles. The van der Waals surface area contributed by atoms with Crippen molar-refractivity contribution in [2.24, 2.45) is 13.0 Å². The summed E-state index contributed by atoms with van der Waals surface area (Å²) in [4.78, 5) is 33.9. The number of methoxy groups -OCH3 is 1. The van der Waals surface area contributed by atoms with E-state index in [9.17, 15) is 9.59 Å². The van der Waals surface area contributed by atoms with Crippen LogP contribution in [0.15, 0.2) is 52.1 Å². The molecular weight excluding hydrogens is 430 g/mol. The Morgan fingerprint density at radius 2 is 1.79 bits per heavy atom. The van der Waals surface area contributed by atoms with Crippen molar-refractivity contribution in [1.29, 1.82) is 0 Å². The molecule has 2 aromatic heterocycles. The number of aromatic nitrogens is 4. The first-order valence-corrected chi connectivity index (χ1v) is 11.5. The van der Waals surface area contributed by atoms with Crippen molar-refractivity contribution in [3.8, 4) is 5.75 Å². The fourth-order valence-corrected chi connectivity index (χ4v) is 4.77. The van der Waals surface area contributed by atoms with Gasteiger partial charge in [0.1, 0.15) is 5.75 Å². The Labute approximate surface area is 197 Å². The molecule has 0 bridgehead atoms. The second-order valence-electron chi connectivity index (χ2n) is 9.27. The molecule has 1 atom stereocenters. The van der Waals surface area contributed by atoms with Gasteiger partial charge in [-0.15, -0.1) is 0 Å². The monoisotopic (exact) mass is 459 g/mol. The summed E-state index contributed by atoms with van der Waals surface area (Å²) in [6, 6.07) is 13.9. The van der Waals surface area contributed by atoms with Crippen molar-refractivity contribution in [2.75, 3.05) is 18.6 Å². The molecule has 176 valence electrons. The number of nitrogens with zero attached hydrogens (tertiary/aromatic N) is 5. The summed E-state index contributed by atoms with van der Waals surface area (Å²) in [7, 11) is 3.32. The minimum absolute atomic E-state index is 0.229. The van der Waals surface area contributed by atoms with Gasteiger partial charge in [0.25, 0.3) is 5.56 Å². The summed E-state index contributed by atoms with van der Waals surface area (Å²) >= 11 is 0. The quantitative estimate of drug-likeness (QED) is 0.468. The van der Waals surface area contributed by atoms with Crippen molar-refractivity contribution in [3.63, 3.8) is 0 Å². The number of imidazole rings is 1. The van der Waals surface area contributed by atoms with Crippen LogP contribution in [-0.2, 0) is 20.1 Å². The van der Waals surface area contributed by atoms with Crippen LogP contribution in [0.4, 0.5) is 11.6 Å². The van der Waals surface area contributed by atoms with Gasteiger partial charge in [0.2, 0.25) is 5.95 Å². The van der Waals surface area contributed by atoms with Gasteiger partial charge in [0.15, 0.2) is 11.2 Å². The van der Waals surface area contributed by atoms with E-state index < -0.39 is 0 Å². The maximum absolute atomic E-state index is 13.7. The summed E-state index contributed by atoms with van der Waals surface area (Å²) in [6.45, 7) is 7.82. The molecule has 34 heavy (non-hydrogen) atoms. The number of hydrogen-bond donors (Lipinski definition) is 0. The van der Waals surface area contributed by atoms with Crippen LogP contribution in [-0.4, -0.2) is 32.3 Å². The summed E-state index contributed by atoms with van der Waals surface area (Å²) in [5.41, 5.74) is 4.28. The summed E-state index contributed by atoms with van der Waals surface area (Å²) in [5, 5.41) is 0. The summed E-state index contributed by atoms with van der Waals surface area (Å²) in [5.74, 6) is 1.74. The molecule has 0 fully saturated rings. The lowest BCUT2D eigenvalue weighted by Gasteiger charge is -2.33. The maximum Gasteiger partial charge on any atom is 0.332 e. The first-order chi connectivity index (χ1) is 16.3. The van der Waals surface area contributed by atoms with Gasteiger partial charge in [0.05, 0.1) is 13.7 Å². The molecular formula is C26H29N5O3. The molecule has 8 nitrogen and oxygen atoms in total. The number of ether oxygens (including phenoxy) is 1. The Hall–Kier alpha value is -3.81. The molecule has 0 amide bonds. The zero-order valence-electron chi connectivity index (χ0n) is 20.2. The Morgan fingerprint density at radius 1 is 1.06 bits per heavy atom. The normalized spacial score (nSPS) is 15.6. The lowest BCUT2D eigenvalue weighted by molar-refractivity contribution is 0.414. The number of hydrogen-bond acceptors (Lipinski definition) is 5. The van der Waals surface area contributed by atoms with E-state index in [4.69, 9.17) is 9.72 Å². The van der Waals surface area contributed by atoms with Gasteiger partial charge in [-0.25, -0.2) is 4.79 Å². The van der Waals surface area contributed by atoms with Crippen LogP contribution in [0.25, 0.3) is 11.2 Å². The largest absolute Gasteiger partial charge is 0.497 e. The van der Waals surface area contributed by atoms with E-state index in [0.29, 0.717) is 23.7 Å². The molecule has 8 heteroatoms. The lowest BCUT2D eigenvalue weighted by Crippen LogP contribution is -2.40. The van der Waals surface area contributed by atoms with E-state index in [1.165, 1.54) is 9.13 Å². The topological polar surface area (TPSA) is 74.3 Å². The Balaban J connectivity index is 1.70. The predicted molar refractivity (Wildman–Crippen MR) is 133 cm³/mol. The van der Waals surface area contributed by atoms with Crippen LogP contribution in [0, 0.1) is 19.8 Å². The molecule has 0 saturated carbocycles. The number of fused-ring (bicyclic) bond motifs is 3. The smallest absolute Gasteiger partial charge is 0.332 e. The highest BCUT2D eigenvalue weighted by atomic mass is 16.5. The van der Waals surface area contributed by atoms with Gasteiger partial charge in [-0.05, 0) is 55.2 Å². The molecule has 3 heterocycles. The molecule has 1 aliphatic rings. The summed E-state index contributed by atoms with van der Waals surface area (Å²) < 4.78 is 10.1. The van der Waals surface area contributed by atoms with Gasteiger partial charge in [0, 0.05) is 25.8 Å². The standard InChI is InChI=1S/C26H29N5O3/c1-16-6-7-18(3)19(12-16)15-31-24(32)22-23(28(4)26(31)33)27-25-29(13-17(2)14-30(22)25)20-8-10-21(34-5)11-9-20/h6-12,17H,13-15H2,1-5H3/t17-/m1/s1. The third kappa shape index (κ3) is 3.50. The minimum Gasteiger partial charge on any atom is -0.497 e. The van der Waals surface area contributed by atoms with Gasteiger partial charge < -0.3 is 14.2 Å². The molecule has 0 spiro atoms. The van der Waals surface area contributed by atoms with Gasteiger partial charge in [-0.1, -0.05) is 30.7 Å². The van der Waals surface area contributed by atoms with Crippen molar-refractivity contribution in [1.82, 2.24) is 18.7 Å².